The van der Waals surface area contributed by atoms with Gasteiger partial charge in [-0.3, -0.25) is 4.79 Å². The van der Waals surface area contributed by atoms with E-state index in [4.69, 9.17) is 22.7 Å². The Kier molecular flexibility index (Phi) is 6.24. The molecule has 0 aliphatic heterocycles. The van der Waals surface area contributed by atoms with E-state index in [1.165, 1.54) is 0 Å². The molecule has 0 spiro atoms. The van der Waals surface area contributed by atoms with Gasteiger partial charge in [-0.2, -0.15) is 0 Å². The lowest BCUT2D eigenvalue weighted by molar-refractivity contribution is -0.141. The summed E-state index contributed by atoms with van der Waals surface area (Å²) in [5.74, 6) is -0.266. The van der Waals surface area contributed by atoms with Crippen molar-refractivity contribution < 1.29 is 9.53 Å². The van der Waals surface area contributed by atoms with E-state index in [1.54, 1.807) is 6.92 Å². The third-order valence-corrected chi connectivity index (χ3v) is 3.45. The van der Waals surface area contributed by atoms with E-state index in [0.29, 0.717) is 18.1 Å². The number of thiocarbonyl (C=S) groups is 1. The van der Waals surface area contributed by atoms with Gasteiger partial charge in [0.2, 0.25) is 0 Å². The fourth-order valence-corrected chi connectivity index (χ4v) is 2.67. The largest absolute Gasteiger partial charge is 0.465 e. The van der Waals surface area contributed by atoms with E-state index >= 15 is 0 Å². The van der Waals surface area contributed by atoms with Gasteiger partial charge in [0.05, 0.1) is 6.61 Å². The van der Waals surface area contributed by atoms with Crippen molar-refractivity contribution in [3.05, 3.63) is 28.2 Å². The number of likely N-dealkylation sites (N-methyl/N-ethyl adjacent to an activating group) is 1. The molecule has 1 rings (SSSR count). The number of benzene rings is 1. The number of esters is 1. The summed E-state index contributed by atoms with van der Waals surface area (Å²) in [5, 5.41) is 0. The Morgan fingerprint density at radius 1 is 1.47 bits per heavy atom. The van der Waals surface area contributed by atoms with Gasteiger partial charge in [0.1, 0.15) is 11.5 Å². The number of ether oxygens (including phenoxy) is 1. The topological polar surface area (TPSA) is 55.6 Å². The highest BCUT2D eigenvalue weighted by molar-refractivity contribution is 9.10. The van der Waals surface area contributed by atoms with Gasteiger partial charge >= 0.3 is 5.97 Å². The van der Waals surface area contributed by atoms with Gasteiger partial charge in [0.25, 0.3) is 0 Å². The molecule has 0 unspecified atom stereocenters. The van der Waals surface area contributed by atoms with E-state index in [1.807, 2.05) is 30.0 Å². The number of hydrogen-bond donors (Lipinski definition) is 1. The van der Waals surface area contributed by atoms with Gasteiger partial charge in [0, 0.05) is 22.3 Å². The number of anilines is 1. The van der Waals surface area contributed by atoms with Crippen LogP contribution in [0.4, 0.5) is 5.69 Å². The molecule has 4 nitrogen and oxygen atoms in total. The molecule has 0 saturated carbocycles. The van der Waals surface area contributed by atoms with Gasteiger partial charge in [-0.25, -0.2) is 0 Å². The first-order chi connectivity index (χ1) is 9.01. The number of halogens is 1. The standard InChI is InChI=1S/C13H17BrN2O2S/c1-3-16(8-11(17)18-4-2)10-7-5-6-9(14)12(10)13(15)19/h5-7H,3-4,8H2,1-2H3,(H2,15,19). The molecule has 0 saturated heterocycles. The minimum atomic E-state index is -0.266. The minimum Gasteiger partial charge on any atom is -0.465 e. The van der Waals surface area contributed by atoms with Crippen molar-refractivity contribution in [1.29, 1.82) is 0 Å². The number of nitrogens with zero attached hydrogens (tertiary/aromatic N) is 1. The van der Waals surface area contributed by atoms with E-state index in [0.717, 1.165) is 15.7 Å². The van der Waals surface area contributed by atoms with E-state index in [9.17, 15) is 4.79 Å². The number of rotatable bonds is 6. The number of carbonyl (C=O) groups is 1. The van der Waals surface area contributed by atoms with E-state index < -0.39 is 0 Å². The van der Waals surface area contributed by atoms with Crippen molar-refractivity contribution in [3.63, 3.8) is 0 Å². The zero-order valence-corrected chi connectivity index (χ0v) is 13.4. The van der Waals surface area contributed by atoms with Crippen LogP contribution in [-0.2, 0) is 9.53 Å². The van der Waals surface area contributed by atoms with Crippen LogP contribution >= 0.6 is 28.1 Å². The van der Waals surface area contributed by atoms with Gasteiger partial charge < -0.3 is 15.4 Å². The maximum atomic E-state index is 11.6. The van der Waals surface area contributed by atoms with Crippen LogP contribution in [0.25, 0.3) is 0 Å². The predicted molar refractivity (Wildman–Crippen MR) is 84.5 cm³/mol. The van der Waals surface area contributed by atoms with Crippen molar-refractivity contribution in [1.82, 2.24) is 0 Å². The fourth-order valence-electron chi connectivity index (χ4n) is 1.75. The molecule has 104 valence electrons. The minimum absolute atomic E-state index is 0.177. The molecular weight excluding hydrogens is 328 g/mol. The summed E-state index contributed by atoms with van der Waals surface area (Å²) in [6, 6.07) is 5.65. The number of carbonyl (C=O) groups excluding carboxylic acids is 1. The Bertz CT molecular complexity index is 480. The van der Waals surface area contributed by atoms with Crippen molar-refractivity contribution in [2.24, 2.45) is 5.73 Å². The van der Waals surface area contributed by atoms with Crippen LogP contribution in [0.1, 0.15) is 19.4 Å². The normalized spacial score (nSPS) is 10.1. The van der Waals surface area contributed by atoms with E-state index in [2.05, 4.69) is 15.9 Å². The van der Waals surface area contributed by atoms with Gasteiger partial charge in [-0.1, -0.05) is 18.3 Å². The summed E-state index contributed by atoms with van der Waals surface area (Å²) >= 11 is 8.51. The Hall–Kier alpha value is -1.14. The Balaban J connectivity index is 3.08. The summed E-state index contributed by atoms with van der Waals surface area (Å²) in [5.41, 5.74) is 7.33. The first-order valence-corrected chi connectivity index (χ1v) is 7.20. The molecule has 0 fully saturated rings. The molecule has 1 aromatic carbocycles. The van der Waals surface area contributed by atoms with Gasteiger partial charge in [-0.05, 0) is 41.9 Å². The fraction of sp³-hybridized carbons (Fsp3) is 0.385. The summed E-state index contributed by atoms with van der Waals surface area (Å²) in [7, 11) is 0. The van der Waals surface area contributed by atoms with Crippen LogP contribution in [0.2, 0.25) is 0 Å². The maximum Gasteiger partial charge on any atom is 0.325 e. The molecule has 0 aromatic heterocycles. The summed E-state index contributed by atoms with van der Waals surface area (Å²) in [4.78, 5) is 13.8. The first kappa shape index (κ1) is 15.9. The number of hydrogen-bond acceptors (Lipinski definition) is 4. The second kappa shape index (κ2) is 7.45. The third kappa shape index (κ3) is 4.18. The Morgan fingerprint density at radius 3 is 2.68 bits per heavy atom. The van der Waals surface area contributed by atoms with Crippen LogP contribution in [0.3, 0.4) is 0 Å². The second-order valence-corrected chi connectivity index (χ2v) is 5.11. The van der Waals surface area contributed by atoms with Crippen LogP contribution < -0.4 is 10.6 Å². The molecule has 0 atom stereocenters. The molecule has 0 aliphatic rings. The number of nitrogens with two attached hydrogens (primary N) is 1. The van der Waals surface area contributed by atoms with Gasteiger partial charge in [-0.15, -0.1) is 0 Å². The van der Waals surface area contributed by atoms with Crippen LogP contribution in [0.15, 0.2) is 22.7 Å². The molecule has 0 aliphatic carbocycles. The maximum absolute atomic E-state index is 11.6. The zero-order valence-electron chi connectivity index (χ0n) is 11.0. The highest BCUT2D eigenvalue weighted by Gasteiger charge is 2.17. The molecular formula is C13H17BrN2O2S. The van der Waals surface area contributed by atoms with Crippen LogP contribution in [-0.4, -0.2) is 30.7 Å². The average molecular weight is 345 g/mol. The summed E-state index contributed by atoms with van der Waals surface area (Å²) in [6.45, 7) is 4.95. The summed E-state index contributed by atoms with van der Waals surface area (Å²) < 4.78 is 5.79. The molecule has 0 bridgehead atoms. The van der Waals surface area contributed by atoms with Crippen molar-refractivity contribution in [2.45, 2.75) is 13.8 Å². The van der Waals surface area contributed by atoms with Crippen molar-refractivity contribution in [2.75, 3.05) is 24.6 Å². The lowest BCUT2D eigenvalue weighted by Crippen LogP contribution is -2.32. The SMILES string of the molecule is CCOC(=O)CN(CC)c1cccc(Br)c1C(N)=S. The highest BCUT2D eigenvalue weighted by Crippen LogP contribution is 2.27. The van der Waals surface area contributed by atoms with Gasteiger partial charge in [0.15, 0.2) is 0 Å². The van der Waals surface area contributed by atoms with Crippen LogP contribution in [0, 0.1) is 0 Å². The molecule has 19 heavy (non-hydrogen) atoms. The first-order valence-electron chi connectivity index (χ1n) is 6.00. The van der Waals surface area contributed by atoms with E-state index in [-0.39, 0.29) is 12.5 Å². The Labute approximate surface area is 127 Å². The summed E-state index contributed by atoms with van der Waals surface area (Å²) in [6.07, 6.45) is 0. The third-order valence-electron chi connectivity index (χ3n) is 2.59. The molecule has 0 amide bonds. The van der Waals surface area contributed by atoms with Crippen LogP contribution in [0.5, 0.6) is 0 Å². The molecule has 0 heterocycles. The van der Waals surface area contributed by atoms with Crippen molar-refractivity contribution in [3.8, 4) is 0 Å². The molecule has 2 N–H and O–H groups in total. The molecule has 1 aromatic rings. The average Bonchev–Trinajstić information content (AvgIpc) is 2.35. The lowest BCUT2D eigenvalue weighted by atomic mass is 10.1. The predicted octanol–water partition coefficient (Wildman–Crippen LogP) is 2.47. The quantitative estimate of drug-likeness (QED) is 0.634. The second-order valence-electron chi connectivity index (χ2n) is 3.82. The highest BCUT2D eigenvalue weighted by atomic mass is 79.9. The molecule has 6 heteroatoms. The monoisotopic (exact) mass is 344 g/mol. The Morgan fingerprint density at radius 2 is 2.16 bits per heavy atom. The molecule has 0 radical (unpaired) electrons. The van der Waals surface area contributed by atoms with Crippen molar-refractivity contribution >= 4 is 44.8 Å². The lowest BCUT2D eigenvalue weighted by Gasteiger charge is -2.25. The smallest absolute Gasteiger partial charge is 0.325 e. The zero-order chi connectivity index (χ0) is 14.4.